The number of benzene rings is 2. The minimum Gasteiger partial charge on any atom is -0.494 e. The molecule has 0 saturated heterocycles. The Labute approximate surface area is 128 Å². The van der Waals surface area contributed by atoms with Crippen LogP contribution in [0.4, 0.5) is 0 Å². The van der Waals surface area contributed by atoms with Crippen LogP contribution in [0.15, 0.2) is 49.0 Å². The SMILES string of the molecule is C=Cc1ccc(OCCCCc2cc(C)cc(C)c2)cc1. The van der Waals surface area contributed by atoms with Crippen molar-refractivity contribution in [2.75, 3.05) is 6.61 Å². The first-order valence-corrected chi connectivity index (χ1v) is 7.60. The lowest BCUT2D eigenvalue weighted by molar-refractivity contribution is 0.307. The van der Waals surface area contributed by atoms with E-state index in [1.165, 1.54) is 16.7 Å². The molecule has 0 aliphatic rings. The van der Waals surface area contributed by atoms with E-state index in [0.29, 0.717) is 0 Å². The summed E-state index contributed by atoms with van der Waals surface area (Å²) < 4.78 is 5.76. The highest BCUT2D eigenvalue weighted by atomic mass is 16.5. The third-order valence-corrected chi connectivity index (χ3v) is 3.53. The van der Waals surface area contributed by atoms with E-state index in [2.05, 4.69) is 38.6 Å². The number of hydrogen-bond acceptors (Lipinski definition) is 1. The predicted octanol–water partition coefficient (Wildman–Crippen LogP) is 5.35. The second-order valence-corrected chi connectivity index (χ2v) is 5.57. The molecule has 110 valence electrons. The van der Waals surface area contributed by atoms with Gasteiger partial charge in [0.2, 0.25) is 0 Å². The molecule has 0 N–H and O–H groups in total. The first kappa shape index (κ1) is 15.4. The molecule has 0 amide bonds. The number of rotatable bonds is 7. The zero-order valence-electron chi connectivity index (χ0n) is 13.1. The summed E-state index contributed by atoms with van der Waals surface area (Å²) in [5.41, 5.74) is 5.26. The molecule has 0 atom stereocenters. The van der Waals surface area contributed by atoms with Gasteiger partial charge in [-0.2, -0.15) is 0 Å². The molecule has 0 fully saturated rings. The molecule has 2 rings (SSSR count). The zero-order valence-corrected chi connectivity index (χ0v) is 13.1. The van der Waals surface area contributed by atoms with Crippen LogP contribution in [-0.2, 0) is 6.42 Å². The molecule has 2 aromatic rings. The summed E-state index contributed by atoms with van der Waals surface area (Å²) >= 11 is 0. The topological polar surface area (TPSA) is 9.23 Å². The Morgan fingerprint density at radius 2 is 1.62 bits per heavy atom. The lowest BCUT2D eigenvalue weighted by Crippen LogP contribution is -1.98. The van der Waals surface area contributed by atoms with Crippen molar-refractivity contribution in [2.45, 2.75) is 33.1 Å². The van der Waals surface area contributed by atoms with E-state index in [1.54, 1.807) is 0 Å². The van der Waals surface area contributed by atoms with E-state index in [0.717, 1.165) is 37.2 Å². The standard InChI is InChI=1S/C20H24O/c1-4-18-8-10-20(11-9-18)21-12-6-5-7-19-14-16(2)13-17(3)15-19/h4,8-11,13-15H,1,5-7,12H2,2-3H3. The molecule has 0 radical (unpaired) electrons. The van der Waals surface area contributed by atoms with Gasteiger partial charge in [0.1, 0.15) is 5.75 Å². The van der Waals surface area contributed by atoms with Gasteiger partial charge >= 0.3 is 0 Å². The van der Waals surface area contributed by atoms with Gasteiger partial charge in [0.25, 0.3) is 0 Å². The van der Waals surface area contributed by atoms with E-state index >= 15 is 0 Å². The molecule has 1 nitrogen and oxygen atoms in total. The summed E-state index contributed by atoms with van der Waals surface area (Å²) in [6.45, 7) is 8.84. The Balaban J connectivity index is 1.70. The molecule has 0 aliphatic carbocycles. The molecule has 0 heterocycles. The van der Waals surface area contributed by atoms with Crippen LogP contribution in [0.2, 0.25) is 0 Å². The van der Waals surface area contributed by atoms with E-state index < -0.39 is 0 Å². The first-order valence-electron chi connectivity index (χ1n) is 7.60. The summed E-state index contributed by atoms with van der Waals surface area (Å²) in [6.07, 6.45) is 5.21. The van der Waals surface area contributed by atoms with Crippen LogP contribution in [0.1, 0.15) is 35.1 Å². The zero-order chi connectivity index (χ0) is 15.1. The molecule has 0 aliphatic heterocycles. The van der Waals surface area contributed by atoms with Crippen LogP contribution in [0.3, 0.4) is 0 Å². The molecule has 21 heavy (non-hydrogen) atoms. The normalized spacial score (nSPS) is 10.4. The Kier molecular flexibility index (Phi) is 5.62. The maximum atomic E-state index is 5.76. The van der Waals surface area contributed by atoms with Crippen molar-refractivity contribution >= 4 is 6.08 Å². The summed E-state index contributed by atoms with van der Waals surface area (Å²) in [5, 5.41) is 0. The fraction of sp³-hybridized carbons (Fsp3) is 0.300. The third kappa shape index (κ3) is 5.11. The summed E-state index contributed by atoms with van der Waals surface area (Å²) in [7, 11) is 0. The largest absolute Gasteiger partial charge is 0.494 e. The van der Waals surface area contributed by atoms with Crippen molar-refractivity contribution in [3.05, 3.63) is 71.3 Å². The highest BCUT2D eigenvalue weighted by Crippen LogP contribution is 2.14. The van der Waals surface area contributed by atoms with Crippen LogP contribution in [0, 0.1) is 13.8 Å². The molecule has 1 heteroatoms. The predicted molar refractivity (Wildman–Crippen MR) is 90.9 cm³/mol. The van der Waals surface area contributed by atoms with E-state index in [1.807, 2.05) is 30.3 Å². The van der Waals surface area contributed by atoms with E-state index in [-0.39, 0.29) is 0 Å². The monoisotopic (exact) mass is 280 g/mol. The van der Waals surface area contributed by atoms with Gasteiger partial charge in [-0.05, 0) is 56.4 Å². The number of aryl methyl sites for hydroxylation is 3. The third-order valence-electron chi connectivity index (χ3n) is 3.53. The van der Waals surface area contributed by atoms with Crippen LogP contribution in [0.5, 0.6) is 5.75 Å². The minimum atomic E-state index is 0.776. The van der Waals surface area contributed by atoms with Gasteiger partial charge in [0, 0.05) is 0 Å². The second kappa shape index (κ2) is 7.68. The summed E-state index contributed by atoms with van der Waals surface area (Å²) in [4.78, 5) is 0. The van der Waals surface area contributed by atoms with Gasteiger partial charge in [-0.1, -0.05) is 54.1 Å². The van der Waals surface area contributed by atoms with E-state index in [9.17, 15) is 0 Å². The average molecular weight is 280 g/mol. The van der Waals surface area contributed by atoms with Crippen molar-refractivity contribution in [1.29, 1.82) is 0 Å². The van der Waals surface area contributed by atoms with Crippen LogP contribution < -0.4 is 4.74 Å². The summed E-state index contributed by atoms with van der Waals surface area (Å²) in [6, 6.07) is 14.8. The van der Waals surface area contributed by atoms with Gasteiger partial charge in [-0.15, -0.1) is 0 Å². The summed E-state index contributed by atoms with van der Waals surface area (Å²) in [5.74, 6) is 0.937. The highest BCUT2D eigenvalue weighted by molar-refractivity contribution is 5.48. The molecular formula is C20H24O. The van der Waals surface area contributed by atoms with Crippen LogP contribution in [0.25, 0.3) is 6.08 Å². The van der Waals surface area contributed by atoms with Crippen molar-refractivity contribution < 1.29 is 4.74 Å². The molecular weight excluding hydrogens is 256 g/mol. The van der Waals surface area contributed by atoms with Gasteiger partial charge in [0.15, 0.2) is 0 Å². The lowest BCUT2D eigenvalue weighted by atomic mass is 10.0. The Bertz CT molecular complexity index is 561. The molecule has 0 spiro atoms. The number of ether oxygens (including phenoxy) is 1. The van der Waals surface area contributed by atoms with Crippen molar-refractivity contribution in [3.63, 3.8) is 0 Å². The van der Waals surface area contributed by atoms with Crippen molar-refractivity contribution in [3.8, 4) is 5.75 Å². The number of hydrogen-bond donors (Lipinski definition) is 0. The quantitative estimate of drug-likeness (QED) is 0.621. The second-order valence-electron chi connectivity index (χ2n) is 5.57. The van der Waals surface area contributed by atoms with Gasteiger partial charge in [0.05, 0.1) is 6.61 Å². The molecule has 2 aromatic carbocycles. The molecule has 0 bridgehead atoms. The fourth-order valence-electron chi connectivity index (χ4n) is 2.53. The maximum Gasteiger partial charge on any atom is 0.119 e. The van der Waals surface area contributed by atoms with Crippen LogP contribution >= 0.6 is 0 Å². The molecule has 0 aromatic heterocycles. The van der Waals surface area contributed by atoms with Gasteiger partial charge < -0.3 is 4.74 Å². The highest BCUT2D eigenvalue weighted by Gasteiger charge is 1.98. The Hall–Kier alpha value is -2.02. The lowest BCUT2D eigenvalue weighted by Gasteiger charge is -2.07. The minimum absolute atomic E-state index is 0.776. The molecule has 0 unspecified atom stereocenters. The van der Waals surface area contributed by atoms with E-state index in [4.69, 9.17) is 4.74 Å². The smallest absolute Gasteiger partial charge is 0.119 e. The maximum absolute atomic E-state index is 5.76. The van der Waals surface area contributed by atoms with Gasteiger partial charge in [-0.3, -0.25) is 0 Å². The molecule has 0 saturated carbocycles. The Morgan fingerprint density at radius 1 is 0.952 bits per heavy atom. The van der Waals surface area contributed by atoms with Crippen molar-refractivity contribution in [2.24, 2.45) is 0 Å². The van der Waals surface area contributed by atoms with Gasteiger partial charge in [-0.25, -0.2) is 0 Å². The first-order chi connectivity index (χ1) is 10.2. The van der Waals surface area contributed by atoms with Crippen LogP contribution in [-0.4, -0.2) is 6.61 Å². The van der Waals surface area contributed by atoms with Crippen molar-refractivity contribution in [1.82, 2.24) is 0 Å². The number of unbranched alkanes of at least 4 members (excludes halogenated alkanes) is 1. The Morgan fingerprint density at radius 3 is 2.24 bits per heavy atom. The average Bonchev–Trinajstić information content (AvgIpc) is 2.46. The fourth-order valence-corrected chi connectivity index (χ4v) is 2.53.